The summed E-state index contributed by atoms with van der Waals surface area (Å²) in [5.41, 5.74) is 1.62. The zero-order valence-electron chi connectivity index (χ0n) is 15.0. The summed E-state index contributed by atoms with van der Waals surface area (Å²) >= 11 is 1.28. The first kappa shape index (κ1) is 20.9. The third-order valence-corrected chi connectivity index (χ3v) is 4.74. The van der Waals surface area contributed by atoms with Crippen LogP contribution < -0.4 is 14.3 Å². The normalized spacial score (nSPS) is 10.1. The van der Waals surface area contributed by atoms with Crippen LogP contribution in [-0.4, -0.2) is 29.8 Å². The van der Waals surface area contributed by atoms with Gasteiger partial charge in [-0.2, -0.15) is 5.10 Å². The first-order chi connectivity index (χ1) is 12.6. The van der Waals surface area contributed by atoms with Gasteiger partial charge in [0.2, 0.25) is 4.80 Å². The van der Waals surface area contributed by atoms with Gasteiger partial charge in [0.05, 0.1) is 14.2 Å². The van der Waals surface area contributed by atoms with E-state index in [1.165, 1.54) is 23.1 Å². The molecule has 0 aliphatic carbocycles. The average molecular weight is 450 g/mol. The van der Waals surface area contributed by atoms with Crippen molar-refractivity contribution < 1.29 is 14.3 Å². The van der Waals surface area contributed by atoms with E-state index in [4.69, 9.17) is 14.9 Å². The Labute approximate surface area is 171 Å². The summed E-state index contributed by atoms with van der Waals surface area (Å²) in [6.07, 6.45) is 0.648. The van der Waals surface area contributed by atoms with Gasteiger partial charge in [-0.15, -0.1) is 17.0 Å². The van der Waals surface area contributed by atoms with Crippen LogP contribution in [0.25, 0.3) is 0 Å². The SMILES string of the molecule is Br.COc1ccc(C(=O)Cn2nc(Cc3ccccc3)sc2=N)cc1OC. The van der Waals surface area contributed by atoms with Gasteiger partial charge in [0.15, 0.2) is 17.3 Å². The van der Waals surface area contributed by atoms with Gasteiger partial charge in [0, 0.05) is 12.0 Å². The number of carbonyl (C=O) groups is 1. The van der Waals surface area contributed by atoms with E-state index < -0.39 is 0 Å². The van der Waals surface area contributed by atoms with Gasteiger partial charge in [-0.25, -0.2) is 4.68 Å². The van der Waals surface area contributed by atoms with Gasteiger partial charge >= 0.3 is 0 Å². The molecule has 0 saturated carbocycles. The van der Waals surface area contributed by atoms with Crippen molar-refractivity contribution in [3.05, 3.63) is 69.5 Å². The molecule has 27 heavy (non-hydrogen) atoms. The predicted octanol–water partition coefficient (Wildman–Crippen LogP) is 3.49. The van der Waals surface area contributed by atoms with Crippen molar-refractivity contribution in [2.24, 2.45) is 0 Å². The average Bonchev–Trinajstić information content (AvgIpc) is 3.00. The fourth-order valence-corrected chi connectivity index (χ4v) is 3.36. The molecule has 0 aliphatic rings. The standard InChI is InChI=1S/C19H19N3O3S.BrH/c1-24-16-9-8-14(11-17(16)25-2)15(23)12-22-19(20)26-18(21-22)10-13-6-4-3-5-7-13;/h3-9,11,20H,10,12H2,1-2H3;1H. The van der Waals surface area contributed by atoms with Gasteiger partial charge in [-0.3, -0.25) is 10.2 Å². The van der Waals surface area contributed by atoms with Crippen molar-refractivity contribution in [2.45, 2.75) is 13.0 Å². The Morgan fingerprint density at radius 2 is 1.81 bits per heavy atom. The molecule has 1 N–H and O–H groups in total. The number of rotatable bonds is 7. The first-order valence-corrected chi connectivity index (χ1v) is 8.83. The van der Waals surface area contributed by atoms with Crippen LogP contribution in [0.3, 0.4) is 0 Å². The molecule has 0 atom stereocenters. The van der Waals surface area contributed by atoms with Crippen LogP contribution >= 0.6 is 28.3 Å². The number of nitrogens with zero attached hydrogens (tertiary/aromatic N) is 2. The largest absolute Gasteiger partial charge is 0.493 e. The summed E-state index contributed by atoms with van der Waals surface area (Å²) in [4.78, 5) is 12.8. The molecular formula is C19H20BrN3O3S. The molecule has 0 amide bonds. The number of ketones is 1. The lowest BCUT2D eigenvalue weighted by Gasteiger charge is -2.09. The lowest BCUT2D eigenvalue weighted by atomic mass is 10.1. The third kappa shape index (κ3) is 5.05. The van der Waals surface area contributed by atoms with Crippen LogP contribution in [0.2, 0.25) is 0 Å². The number of ether oxygens (including phenoxy) is 2. The second kappa shape index (κ2) is 9.48. The van der Waals surface area contributed by atoms with Crippen molar-refractivity contribution in [1.29, 1.82) is 5.41 Å². The second-order valence-electron chi connectivity index (χ2n) is 5.61. The Morgan fingerprint density at radius 3 is 2.48 bits per heavy atom. The Hall–Kier alpha value is -2.45. The van der Waals surface area contributed by atoms with Crippen LogP contribution in [0, 0.1) is 5.41 Å². The number of methoxy groups -OCH3 is 2. The number of aromatic nitrogens is 2. The Kier molecular flexibility index (Phi) is 7.32. The van der Waals surface area contributed by atoms with Crippen LogP contribution in [0.1, 0.15) is 20.9 Å². The Morgan fingerprint density at radius 1 is 1.11 bits per heavy atom. The van der Waals surface area contributed by atoms with E-state index in [0.29, 0.717) is 23.5 Å². The molecule has 0 saturated heterocycles. The summed E-state index contributed by atoms with van der Waals surface area (Å²) in [7, 11) is 3.07. The van der Waals surface area contributed by atoms with Crippen LogP contribution in [-0.2, 0) is 13.0 Å². The molecule has 0 unspecified atom stereocenters. The summed E-state index contributed by atoms with van der Waals surface area (Å²) in [5, 5.41) is 13.3. The fraction of sp³-hybridized carbons (Fsp3) is 0.211. The maximum absolute atomic E-state index is 12.6. The second-order valence-corrected chi connectivity index (χ2v) is 6.68. The number of halogens is 1. The van der Waals surface area contributed by atoms with E-state index in [1.54, 1.807) is 25.3 Å². The summed E-state index contributed by atoms with van der Waals surface area (Å²) < 4.78 is 11.9. The van der Waals surface area contributed by atoms with Gasteiger partial charge in [0.25, 0.3) is 0 Å². The Balaban J connectivity index is 0.00000261. The minimum absolute atomic E-state index is 0. The molecule has 0 spiro atoms. The highest BCUT2D eigenvalue weighted by Crippen LogP contribution is 2.27. The highest BCUT2D eigenvalue weighted by molar-refractivity contribution is 8.93. The molecule has 6 nitrogen and oxygen atoms in total. The van der Waals surface area contributed by atoms with Gasteiger partial charge in [-0.1, -0.05) is 41.7 Å². The number of benzene rings is 2. The molecule has 1 aromatic heterocycles. The molecule has 0 radical (unpaired) electrons. The van der Waals surface area contributed by atoms with E-state index >= 15 is 0 Å². The van der Waals surface area contributed by atoms with Crippen molar-refractivity contribution in [3.8, 4) is 11.5 Å². The van der Waals surface area contributed by atoms with Gasteiger partial charge < -0.3 is 9.47 Å². The first-order valence-electron chi connectivity index (χ1n) is 8.01. The molecule has 8 heteroatoms. The van der Waals surface area contributed by atoms with Gasteiger partial charge in [0.1, 0.15) is 11.6 Å². The predicted molar refractivity (Wildman–Crippen MR) is 109 cm³/mol. The molecule has 3 aromatic rings. The summed E-state index contributed by atoms with van der Waals surface area (Å²) in [6.45, 7) is 0.0135. The molecular weight excluding hydrogens is 430 g/mol. The van der Waals surface area contributed by atoms with E-state index in [1.807, 2.05) is 30.3 Å². The highest BCUT2D eigenvalue weighted by atomic mass is 79.9. The molecule has 0 aliphatic heterocycles. The van der Waals surface area contributed by atoms with Crippen molar-refractivity contribution in [3.63, 3.8) is 0 Å². The topological polar surface area (TPSA) is 77.2 Å². The number of carbonyl (C=O) groups excluding carboxylic acids is 1. The number of Topliss-reactive ketones (excluding diaryl/α,β-unsaturated/α-hetero) is 1. The maximum atomic E-state index is 12.6. The molecule has 3 rings (SSSR count). The van der Waals surface area contributed by atoms with E-state index in [-0.39, 0.29) is 34.1 Å². The lowest BCUT2D eigenvalue weighted by molar-refractivity contribution is 0.0965. The number of hydrogen-bond donors (Lipinski definition) is 1. The van der Waals surface area contributed by atoms with E-state index in [2.05, 4.69) is 5.10 Å². The maximum Gasteiger partial charge on any atom is 0.200 e. The fourth-order valence-electron chi connectivity index (χ4n) is 2.55. The summed E-state index contributed by atoms with van der Waals surface area (Å²) in [5.74, 6) is 0.926. The number of nitrogens with one attached hydrogen (secondary N) is 1. The Bertz CT molecular complexity index is 970. The van der Waals surface area contributed by atoms with Crippen LogP contribution in [0.5, 0.6) is 11.5 Å². The zero-order chi connectivity index (χ0) is 18.5. The smallest absolute Gasteiger partial charge is 0.200 e. The van der Waals surface area contributed by atoms with Gasteiger partial charge in [-0.05, 0) is 23.8 Å². The molecule has 1 heterocycles. The molecule has 0 bridgehead atoms. The number of hydrogen-bond acceptors (Lipinski definition) is 6. The minimum Gasteiger partial charge on any atom is -0.493 e. The molecule has 0 fully saturated rings. The van der Waals surface area contributed by atoms with Crippen LogP contribution in [0.15, 0.2) is 48.5 Å². The quantitative estimate of drug-likeness (QED) is 0.559. The lowest BCUT2D eigenvalue weighted by Crippen LogP contribution is -2.21. The van der Waals surface area contributed by atoms with E-state index in [9.17, 15) is 4.79 Å². The highest BCUT2D eigenvalue weighted by Gasteiger charge is 2.14. The molecule has 142 valence electrons. The zero-order valence-corrected chi connectivity index (χ0v) is 17.5. The minimum atomic E-state index is -0.138. The monoisotopic (exact) mass is 449 g/mol. The summed E-state index contributed by atoms with van der Waals surface area (Å²) in [6, 6.07) is 15.0. The van der Waals surface area contributed by atoms with Crippen LogP contribution in [0.4, 0.5) is 0 Å². The van der Waals surface area contributed by atoms with Crippen molar-refractivity contribution >= 4 is 34.1 Å². The molecule has 2 aromatic carbocycles. The van der Waals surface area contributed by atoms with Crippen molar-refractivity contribution in [1.82, 2.24) is 9.78 Å². The third-order valence-electron chi connectivity index (χ3n) is 3.88. The van der Waals surface area contributed by atoms with Crippen molar-refractivity contribution in [2.75, 3.05) is 14.2 Å². The van der Waals surface area contributed by atoms with E-state index in [0.717, 1.165) is 10.6 Å².